The molecule has 0 aliphatic carbocycles. The van der Waals surface area contributed by atoms with Crippen molar-refractivity contribution in [3.63, 3.8) is 0 Å². The summed E-state index contributed by atoms with van der Waals surface area (Å²) in [7, 11) is 0. The van der Waals surface area contributed by atoms with E-state index in [0.717, 1.165) is 9.13 Å². The highest BCUT2D eigenvalue weighted by Gasteiger charge is 2.01. The topological polar surface area (TPSA) is 29.1 Å². The maximum Gasteiger partial charge on any atom is 0.255 e. The van der Waals surface area contributed by atoms with Crippen LogP contribution in [0.4, 0.5) is 10.1 Å². The van der Waals surface area contributed by atoms with Crippen LogP contribution in [-0.4, -0.2) is 12.6 Å². The molecule has 2 nitrogen and oxygen atoms in total. The Morgan fingerprint density at radius 3 is 2.85 bits per heavy atom. The van der Waals surface area contributed by atoms with Crippen molar-refractivity contribution in [3.8, 4) is 0 Å². The molecule has 0 aliphatic rings. The first-order chi connectivity index (χ1) is 6.13. The third kappa shape index (κ3) is 2.95. The van der Waals surface area contributed by atoms with Crippen LogP contribution in [0, 0.1) is 10.5 Å². The molecule has 0 atom stereocenters. The summed E-state index contributed by atoms with van der Waals surface area (Å²) in [6.07, 6.45) is 0. The zero-order valence-electron chi connectivity index (χ0n) is 7.10. The molecule has 4 heteroatoms. The summed E-state index contributed by atoms with van der Waals surface area (Å²) in [5.74, 6) is -0.611. The number of hydrogen-bond acceptors (Lipinski definition) is 1. The Hall–Kier alpha value is -0.650. The lowest BCUT2D eigenvalue weighted by molar-refractivity contribution is -0.117. The van der Waals surface area contributed by atoms with E-state index in [0.29, 0.717) is 5.69 Å². The number of anilines is 1. The van der Waals surface area contributed by atoms with Crippen molar-refractivity contribution in [1.82, 2.24) is 0 Å². The van der Waals surface area contributed by atoms with Crippen LogP contribution in [-0.2, 0) is 4.79 Å². The van der Waals surface area contributed by atoms with E-state index in [2.05, 4.69) is 27.9 Å². The van der Waals surface area contributed by atoms with E-state index in [1.54, 1.807) is 6.07 Å². The summed E-state index contributed by atoms with van der Waals surface area (Å²) in [5, 5.41) is 2.44. The zero-order valence-corrected chi connectivity index (χ0v) is 9.26. The second-order valence-electron chi connectivity index (χ2n) is 2.65. The fourth-order valence-electron chi connectivity index (χ4n) is 0.917. The highest BCUT2D eigenvalue weighted by molar-refractivity contribution is 14.1. The summed E-state index contributed by atoms with van der Waals surface area (Å²) in [6.45, 7) is 0.956. The first-order valence-electron chi connectivity index (χ1n) is 3.75. The van der Waals surface area contributed by atoms with Crippen LogP contribution >= 0.6 is 22.6 Å². The molecular formula is C9H9FINO. The number of halogens is 2. The van der Waals surface area contributed by atoms with Crippen LogP contribution in [0.1, 0.15) is 5.56 Å². The van der Waals surface area contributed by atoms with E-state index in [4.69, 9.17) is 0 Å². The van der Waals surface area contributed by atoms with Gasteiger partial charge in [-0.1, -0.05) is 0 Å². The minimum atomic E-state index is -0.981. The Kier molecular flexibility index (Phi) is 3.65. The Labute approximate surface area is 89.7 Å². The van der Waals surface area contributed by atoms with Gasteiger partial charge in [-0.25, -0.2) is 4.39 Å². The van der Waals surface area contributed by atoms with Crippen molar-refractivity contribution in [2.75, 3.05) is 12.0 Å². The van der Waals surface area contributed by atoms with Crippen LogP contribution in [0.3, 0.4) is 0 Å². The van der Waals surface area contributed by atoms with Gasteiger partial charge in [0.1, 0.15) is 0 Å². The molecule has 0 radical (unpaired) electrons. The molecule has 0 bridgehead atoms. The number of carbonyl (C=O) groups excluding carboxylic acids is 1. The quantitative estimate of drug-likeness (QED) is 0.834. The molecule has 0 unspecified atom stereocenters. The molecular weight excluding hydrogens is 284 g/mol. The van der Waals surface area contributed by atoms with Gasteiger partial charge in [-0.15, -0.1) is 0 Å². The molecule has 0 saturated carbocycles. The predicted octanol–water partition coefficient (Wildman–Crippen LogP) is 2.51. The van der Waals surface area contributed by atoms with Gasteiger partial charge in [0.15, 0.2) is 6.67 Å². The predicted molar refractivity (Wildman–Crippen MR) is 58.5 cm³/mol. The molecule has 1 aromatic carbocycles. The maximum absolute atomic E-state index is 11.8. The van der Waals surface area contributed by atoms with Gasteiger partial charge < -0.3 is 5.32 Å². The van der Waals surface area contributed by atoms with E-state index < -0.39 is 12.6 Å². The lowest BCUT2D eigenvalue weighted by Gasteiger charge is -2.04. The minimum absolute atomic E-state index is 0.611. The number of nitrogens with one attached hydrogen (secondary N) is 1. The molecule has 1 aromatic rings. The van der Waals surface area contributed by atoms with Gasteiger partial charge in [-0.05, 0) is 53.3 Å². The molecule has 0 aliphatic heterocycles. The monoisotopic (exact) mass is 293 g/mol. The molecule has 0 fully saturated rings. The number of amides is 1. The Morgan fingerprint density at radius 2 is 2.31 bits per heavy atom. The highest BCUT2D eigenvalue weighted by Crippen LogP contribution is 2.16. The first-order valence-corrected chi connectivity index (χ1v) is 4.83. The van der Waals surface area contributed by atoms with Gasteiger partial charge in [0, 0.05) is 9.26 Å². The van der Waals surface area contributed by atoms with E-state index in [1.165, 1.54) is 0 Å². The molecule has 1 rings (SSSR count). The van der Waals surface area contributed by atoms with Crippen LogP contribution in [0.25, 0.3) is 0 Å². The van der Waals surface area contributed by atoms with Crippen molar-refractivity contribution in [2.45, 2.75) is 6.92 Å². The lowest BCUT2D eigenvalue weighted by Crippen LogP contribution is -2.13. The Bertz CT molecular complexity index is 327. The lowest BCUT2D eigenvalue weighted by atomic mass is 10.2. The summed E-state index contributed by atoms with van der Waals surface area (Å²) in [6, 6.07) is 5.45. The second kappa shape index (κ2) is 4.55. The molecule has 1 amide bonds. The van der Waals surface area contributed by atoms with Gasteiger partial charge in [0.2, 0.25) is 0 Å². The minimum Gasteiger partial charge on any atom is -0.324 e. The van der Waals surface area contributed by atoms with Gasteiger partial charge >= 0.3 is 0 Å². The molecule has 13 heavy (non-hydrogen) atoms. The number of carbonyl (C=O) groups is 1. The average molecular weight is 293 g/mol. The van der Waals surface area contributed by atoms with Crippen LogP contribution < -0.4 is 5.32 Å². The van der Waals surface area contributed by atoms with E-state index in [1.807, 2.05) is 19.1 Å². The third-order valence-electron chi connectivity index (χ3n) is 1.56. The van der Waals surface area contributed by atoms with Crippen LogP contribution in [0.2, 0.25) is 0 Å². The van der Waals surface area contributed by atoms with Gasteiger partial charge in [0.05, 0.1) is 0 Å². The maximum atomic E-state index is 11.8. The number of aryl methyl sites for hydroxylation is 1. The van der Waals surface area contributed by atoms with Crippen molar-refractivity contribution in [2.24, 2.45) is 0 Å². The van der Waals surface area contributed by atoms with Crippen molar-refractivity contribution < 1.29 is 9.18 Å². The fourth-order valence-corrected chi connectivity index (χ4v) is 1.25. The summed E-state index contributed by atoms with van der Waals surface area (Å²) in [4.78, 5) is 10.7. The molecule has 0 spiro atoms. The van der Waals surface area contributed by atoms with Crippen molar-refractivity contribution >= 4 is 34.2 Å². The summed E-state index contributed by atoms with van der Waals surface area (Å²) >= 11 is 2.20. The molecule has 70 valence electrons. The molecule has 0 saturated heterocycles. The SMILES string of the molecule is Cc1cc(NC(=O)CF)ccc1I. The van der Waals surface area contributed by atoms with E-state index in [9.17, 15) is 9.18 Å². The molecule has 0 aromatic heterocycles. The second-order valence-corrected chi connectivity index (χ2v) is 3.81. The normalized spacial score (nSPS) is 9.77. The fraction of sp³-hybridized carbons (Fsp3) is 0.222. The molecule has 0 heterocycles. The van der Waals surface area contributed by atoms with E-state index in [-0.39, 0.29) is 0 Å². The first kappa shape index (κ1) is 10.4. The van der Waals surface area contributed by atoms with Gasteiger partial charge in [-0.3, -0.25) is 4.79 Å². The van der Waals surface area contributed by atoms with Crippen molar-refractivity contribution in [3.05, 3.63) is 27.3 Å². The van der Waals surface area contributed by atoms with Gasteiger partial charge in [0.25, 0.3) is 5.91 Å². The largest absolute Gasteiger partial charge is 0.324 e. The summed E-state index contributed by atoms with van der Waals surface area (Å²) in [5.41, 5.74) is 1.71. The van der Waals surface area contributed by atoms with Crippen molar-refractivity contribution in [1.29, 1.82) is 0 Å². The molecule has 1 N–H and O–H groups in total. The van der Waals surface area contributed by atoms with Crippen LogP contribution in [0.15, 0.2) is 18.2 Å². The zero-order chi connectivity index (χ0) is 9.84. The highest BCUT2D eigenvalue weighted by atomic mass is 127. The Morgan fingerprint density at radius 1 is 1.62 bits per heavy atom. The van der Waals surface area contributed by atoms with E-state index >= 15 is 0 Å². The summed E-state index contributed by atoms with van der Waals surface area (Å²) < 4.78 is 13.0. The number of rotatable bonds is 2. The standard InChI is InChI=1S/C9H9FINO/c1-6-4-7(2-3-8(6)11)12-9(13)5-10/h2-4H,5H2,1H3,(H,12,13). The average Bonchev–Trinajstić information content (AvgIpc) is 2.11. The number of alkyl halides is 1. The Balaban J connectivity index is 2.79. The number of benzene rings is 1. The number of hydrogen-bond donors (Lipinski definition) is 1. The third-order valence-corrected chi connectivity index (χ3v) is 2.77. The van der Waals surface area contributed by atoms with Crippen LogP contribution in [0.5, 0.6) is 0 Å². The smallest absolute Gasteiger partial charge is 0.255 e. The van der Waals surface area contributed by atoms with Gasteiger partial charge in [-0.2, -0.15) is 0 Å².